The van der Waals surface area contributed by atoms with Crippen molar-refractivity contribution in [1.29, 1.82) is 0 Å². The molecule has 180 valence electrons. The van der Waals surface area contributed by atoms with Gasteiger partial charge in [-0.1, -0.05) is 12.1 Å². The lowest BCUT2D eigenvalue weighted by Gasteiger charge is -2.14. The van der Waals surface area contributed by atoms with Gasteiger partial charge in [-0.15, -0.1) is 0 Å². The molecule has 0 saturated heterocycles. The van der Waals surface area contributed by atoms with Crippen LogP contribution in [-0.4, -0.2) is 40.6 Å². The fraction of sp³-hybridized carbons (Fsp3) is 0.222. The first kappa shape index (κ1) is 23.8. The number of carbonyl (C=O) groups excluding carboxylic acids is 1. The molecule has 0 bridgehead atoms. The quantitative estimate of drug-likeness (QED) is 0.399. The number of benzene rings is 2. The number of carboxylic acid groups (broad SMARTS) is 1. The number of ether oxygens (including phenoxy) is 2. The van der Waals surface area contributed by atoms with Gasteiger partial charge in [-0.25, -0.2) is 9.78 Å². The van der Waals surface area contributed by atoms with Crippen molar-refractivity contribution in [2.45, 2.75) is 27.2 Å². The molecule has 2 N–H and O–H groups in total. The number of imidazole rings is 1. The molecule has 2 heterocycles. The molecule has 2 aromatic carbocycles. The van der Waals surface area contributed by atoms with E-state index in [0.717, 1.165) is 22.3 Å². The first-order valence-electron chi connectivity index (χ1n) is 11.1. The number of nitrogens with one attached hydrogen (secondary N) is 1. The predicted molar refractivity (Wildman–Crippen MR) is 134 cm³/mol. The van der Waals surface area contributed by atoms with Crippen molar-refractivity contribution in [1.82, 2.24) is 9.38 Å². The van der Waals surface area contributed by atoms with Gasteiger partial charge < -0.3 is 24.3 Å². The third-order valence-electron chi connectivity index (χ3n) is 6.02. The van der Waals surface area contributed by atoms with Crippen molar-refractivity contribution in [3.05, 3.63) is 76.6 Å². The van der Waals surface area contributed by atoms with Gasteiger partial charge in [-0.05, 0) is 55.7 Å². The zero-order chi connectivity index (χ0) is 25.3. The molecule has 1 amide bonds. The number of pyridine rings is 1. The fourth-order valence-corrected chi connectivity index (χ4v) is 3.99. The number of hydrogen-bond acceptors (Lipinski definition) is 5. The van der Waals surface area contributed by atoms with Crippen LogP contribution in [-0.2, 0) is 11.2 Å². The lowest BCUT2D eigenvalue weighted by molar-refractivity contribution is -0.115. The Labute approximate surface area is 203 Å². The van der Waals surface area contributed by atoms with Crippen LogP contribution in [0.15, 0.2) is 48.7 Å². The number of fused-ring (bicyclic) bond motifs is 1. The molecule has 0 unspecified atom stereocenters. The number of anilines is 1. The molecule has 0 spiro atoms. The summed E-state index contributed by atoms with van der Waals surface area (Å²) in [5, 5.41) is 12.4. The van der Waals surface area contributed by atoms with Gasteiger partial charge in [-0.3, -0.25) is 4.79 Å². The van der Waals surface area contributed by atoms with Crippen LogP contribution in [0.4, 0.5) is 5.69 Å². The SMILES string of the molecule is COc1cc(NC(=O)Cc2c(-c3ccc(C)c(C)c3)nc3cc(C)ccn23)c(C(=O)O)cc1OC. The van der Waals surface area contributed by atoms with Crippen LogP contribution < -0.4 is 14.8 Å². The van der Waals surface area contributed by atoms with E-state index in [1.807, 2.05) is 55.6 Å². The van der Waals surface area contributed by atoms with Gasteiger partial charge in [0.05, 0.1) is 43.3 Å². The monoisotopic (exact) mass is 473 g/mol. The molecule has 8 nitrogen and oxygen atoms in total. The number of methoxy groups -OCH3 is 2. The number of aromatic nitrogens is 2. The summed E-state index contributed by atoms with van der Waals surface area (Å²) < 4.78 is 12.4. The summed E-state index contributed by atoms with van der Waals surface area (Å²) >= 11 is 0. The third kappa shape index (κ3) is 4.68. The van der Waals surface area contributed by atoms with Crippen molar-refractivity contribution in [2.75, 3.05) is 19.5 Å². The topological polar surface area (TPSA) is 102 Å². The molecule has 0 atom stereocenters. The van der Waals surface area contributed by atoms with Gasteiger partial charge in [0.15, 0.2) is 11.5 Å². The number of carboxylic acids is 1. The summed E-state index contributed by atoms with van der Waals surface area (Å²) in [6.07, 6.45) is 1.88. The summed E-state index contributed by atoms with van der Waals surface area (Å²) in [6, 6.07) is 12.8. The highest BCUT2D eigenvalue weighted by Crippen LogP contribution is 2.34. The fourth-order valence-electron chi connectivity index (χ4n) is 3.99. The molecule has 0 aliphatic rings. The molecular formula is C27H27N3O5. The van der Waals surface area contributed by atoms with Crippen LogP contribution in [0.25, 0.3) is 16.9 Å². The van der Waals surface area contributed by atoms with Crippen LogP contribution >= 0.6 is 0 Å². The minimum absolute atomic E-state index is 0.0140. The normalized spacial score (nSPS) is 10.9. The number of amides is 1. The van der Waals surface area contributed by atoms with E-state index < -0.39 is 5.97 Å². The van der Waals surface area contributed by atoms with E-state index in [4.69, 9.17) is 14.5 Å². The van der Waals surface area contributed by atoms with E-state index in [-0.39, 0.29) is 29.3 Å². The number of nitrogens with zero attached hydrogens (tertiary/aromatic N) is 2. The van der Waals surface area contributed by atoms with Gasteiger partial charge >= 0.3 is 5.97 Å². The van der Waals surface area contributed by atoms with Crippen molar-refractivity contribution >= 4 is 23.2 Å². The van der Waals surface area contributed by atoms with E-state index in [1.54, 1.807) is 0 Å². The minimum Gasteiger partial charge on any atom is -0.493 e. The van der Waals surface area contributed by atoms with Gasteiger partial charge in [0.1, 0.15) is 5.65 Å². The molecule has 4 aromatic rings. The molecule has 0 aliphatic heterocycles. The molecule has 4 rings (SSSR count). The second-order valence-electron chi connectivity index (χ2n) is 8.42. The van der Waals surface area contributed by atoms with Crippen molar-refractivity contribution in [2.24, 2.45) is 0 Å². The molecule has 0 fully saturated rings. The van der Waals surface area contributed by atoms with E-state index in [2.05, 4.69) is 11.4 Å². The van der Waals surface area contributed by atoms with E-state index in [1.165, 1.54) is 31.9 Å². The van der Waals surface area contributed by atoms with Crippen molar-refractivity contribution in [3.8, 4) is 22.8 Å². The molecular weight excluding hydrogens is 446 g/mol. The summed E-state index contributed by atoms with van der Waals surface area (Å²) in [7, 11) is 2.86. The molecule has 35 heavy (non-hydrogen) atoms. The highest BCUT2D eigenvalue weighted by molar-refractivity contribution is 6.02. The minimum atomic E-state index is -1.19. The summed E-state index contributed by atoms with van der Waals surface area (Å²) in [5.74, 6) is -1.000. The Morgan fingerprint density at radius 1 is 0.971 bits per heavy atom. The number of hydrogen-bond donors (Lipinski definition) is 2. The van der Waals surface area contributed by atoms with Crippen LogP contribution in [0.2, 0.25) is 0 Å². The Bertz CT molecular complexity index is 1460. The zero-order valence-corrected chi connectivity index (χ0v) is 20.3. The smallest absolute Gasteiger partial charge is 0.337 e. The van der Waals surface area contributed by atoms with E-state index >= 15 is 0 Å². The van der Waals surface area contributed by atoms with Crippen LogP contribution in [0.3, 0.4) is 0 Å². The third-order valence-corrected chi connectivity index (χ3v) is 6.02. The second-order valence-corrected chi connectivity index (χ2v) is 8.42. The maximum atomic E-state index is 13.2. The second kappa shape index (κ2) is 9.50. The number of aryl methyl sites for hydroxylation is 3. The standard InChI is InChI=1S/C27H27N3O5/c1-15-8-9-30-21(26(29-24(30)10-15)18-7-6-16(2)17(3)11-18)14-25(31)28-20-13-23(35-5)22(34-4)12-19(20)27(32)33/h6-13H,14H2,1-5H3,(H,28,31)(H,32,33). The summed E-state index contributed by atoms with van der Waals surface area (Å²) in [4.78, 5) is 29.9. The summed E-state index contributed by atoms with van der Waals surface area (Å²) in [5.41, 5.74) is 6.44. The maximum Gasteiger partial charge on any atom is 0.337 e. The number of rotatable bonds is 7. The Hall–Kier alpha value is -4.33. The Morgan fingerprint density at radius 3 is 2.34 bits per heavy atom. The largest absolute Gasteiger partial charge is 0.493 e. The van der Waals surface area contributed by atoms with Crippen LogP contribution in [0.1, 0.15) is 32.7 Å². The molecule has 0 saturated carbocycles. The number of carbonyl (C=O) groups is 2. The lowest BCUT2D eigenvalue weighted by Crippen LogP contribution is -2.18. The van der Waals surface area contributed by atoms with E-state index in [0.29, 0.717) is 17.1 Å². The Balaban J connectivity index is 1.75. The van der Waals surface area contributed by atoms with Gasteiger partial charge in [-0.2, -0.15) is 0 Å². The Kier molecular flexibility index (Phi) is 6.46. The van der Waals surface area contributed by atoms with Crippen molar-refractivity contribution < 1.29 is 24.2 Å². The maximum absolute atomic E-state index is 13.2. The van der Waals surface area contributed by atoms with Gasteiger partial charge in [0.25, 0.3) is 0 Å². The molecule has 2 aromatic heterocycles. The molecule has 8 heteroatoms. The zero-order valence-electron chi connectivity index (χ0n) is 20.3. The first-order chi connectivity index (χ1) is 16.7. The number of aromatic carboxylic acids is 1. The predicted octanol–water partition coefficient (Wildman–Crippen LogP) is 4.82. The molecule has 0 aliphatic carbocycles. The van der Waals surface area contributed by atoms with E-state index in [9.17, 15) is 14.7 Å². The highest BCUT2D eigenvalue weighted by Gasteiger charge is 2.21. The molecule has 0 radical (unpaired) electrons. The Morgan fingerprint density at radius 2 is 1.69 bits per heavy atom. The first-order valence-corrected chi connectivity index (χ1v) is 11.1. The lowest BCUT2D eigenvalue weighted by atomic mass is 10.0. The average Bonchev–Trinajstić information content (AvgIpc) is 3.17. The van der Waals surface area contributed by atoms with Crippen molar-refractivity contribution in [3.63, 3.8) is 0 Å². The average molecular weight is 474 g/mol. The van der Waals surface area contributed by atoms with Crippen LogP contribution in [0, 0.1) is 20.8 Å². The van der Waals surface area contributed by atoms with Gasteiger partial charge in [0, 0.05) is 23.9 Å². The highest BCUT2D eigenvalue weighted by atomic mass is 16.5. The summed E-state index contributed by atoms with van der Waals surface area (Å²) in [6.45, 7) is 6.07. The van der Waals surface area contributed by atoms with Crippen LogP contribution in [0.5, 0.6) is 11.5 Å². The van der Waals surface area contributed by atoms with Gasteiger partial charge in [0.2, 0.25) is 5.91 Å².